The van der Waals surface area contributed by atoms with Gasteiger partial charge in [0.1, 0.15) is 17.8 Å². The molecule has 3 aromatic rings. The summed E-state index contributed by atoms with van der Waals surface area (Å²) in [5.41, 5.74) is -0.154. The van der Waals surface area contributed by atoms with Crippen molar-refractivity contribution in [2.75, 3.05) is 6.61 Å². The summed E-state index contributed by atoms with van der Waals surface area (Å²) in [5.74, 6) is 0. The van der Waals surface area contributed by atoms with Gasteiger partial charge in [0, 0.05) is 11.8 Å². The van der Waals surface area contributed by atoms with Crippen molar-refractivity contribution in [3.05, 3.63) is 117 Å². The average molecular weight is 479 g/mol. The van der Waals surface area contributed by atoms with Gasteiger partial charge in [-0.3, -0.25) is 14.3 Å². The van der Waals surface area contributed by atoms with E-state index in [1.807, 2.05) is 60.7 Å². The molecule has 4 atom stereocenters. The number of rotatable bonds is 10. The zero-order valence-electron chi connectivity index (χ0n) is 19.6. The zero-order valence-corrected chi connectivity index (χ0v) is 19.6. The molecule has 1 unspecified atom stereocenters. The molecule has 1 aliphatic rings. The lowest BCUT2D eigenvalue weighted by Gasteiger charge is -2.35. The second-order valence-corrected chi connectivity index (χ2v) is 8.66. The average Bonchev–Trinajstić information content (AvgIpc) is 3.13. The molecule has 4 rings (SSSR count). The lowest BCUT2D eigenvalue weighted by molar-refractivity contribution is -0.149. The number of aromatic amines is 1. The van der Waals surface area contributed by atoms with Gasteiger partial charge in [0.05, 0.1) is 19.8 Å². The van der Waals surface area contributed by atoms with Gasteiger partial charge in [0.2, 0.25) is 0 Å². The number of nitrogens with zero attached hydrogens (tertiary/aromatic N) is 1. The summed E-state index contributed by atoms with van der Waals surface area (Å²) in [6, 6.07) is 19.3. The van der Waals surface area contributed by atoms with Crippen LogP contribution in [-0.4, -0.2) is 39.1 Å². The molecule has 0 amide bonds. The summed E-state index contributed by atoms with van der Waals surface area (Å²) in [6.45, 7) is 6.12. The molecule has 1 fully saturated rings. The van der Waals surface area contributed by atoms with Gasteiger partial charge in [-0.2, -0.15) is 0 Å². The minimum Gasteiger partial charge on any atom is -0.385 e. The molecule has 2 aromatic carbocycles. The standard InChI is InChI=1S/C27H30N2O6/c1-3-14-27(34-17-21-12-8-5-9-13-21)22(18-33-16-20-10-6-4-7-11-20)35-25(23(27)30)29-15-19(2)24(31)28-26(29)32/h3-13,15,22-23,25,30H,1,14,16-18H2,2H3,(H,28,31,32)/t22-,23-,25?,27-/m1/s1. The second-order valence-electron chi connectivity index (χ2n) is 8.66. The fourth-order valence-electron chi connectivity index (χ4n) is 4.33. The summed E-state index contributed by atoms with van der Waals surface area (Å²) in [5, 5.41) is 11.5. The van der Waals surface area contributed by atoms with E-state index in [1.165, 1.54) is 10.8 Å². The monoisotopic (exact) mass is 478 g/mol. The highest BCUT2D eigenvalue weighted by atomic mass is 16.6. The van der Waals surface area contributed by atoms with E-state index >= 15 is 0 Å². The number of hydrogen-bond donors (Lipinski definition) is 2. The van der Waals surface area contributed by atoms with Crippen molar-refractivity contribution in [2.24, 2.45) is 0 Å². The van der Waals surface area contributed by atoms with Gasteiger partial charge in [0.15, 0.2) is 6.23 Å². The Labute approximate surface area is 203 Å². The molecule has 1 saturated heterocycles. The van der Waals surface area contributed by atoms with Crippen molar-refractivity contribution in [3.63, 3.8) is 0 Å². The minimum atomic E-state index is -1.24. The van der Waals surface area contributed by atoms with Gasteiger partial charge in [-0.15, -0.1) is 6.58 Å². The maximum atomic E-state index is 12.6. The molecule has 0 spiro atoms. The summed E-state index contributed by atoms with van der Waals surface area (Å²) < 4.78 is 19.8. The van der Waals surface area contributed by atoms with Crippen molar-refractivity contribution in [1.29, 1.82) is 0 Å². The highest BCUT2D eigenvalue weighted by Crippen LogP contribution is 2.43. The minimum absolute atomic E-state index is 0.113. The summed E-state index contributed by atoms with van der Waals surface area (Å²) >= 11 is 0. The Hall–Kier alpha value is -3.30. The molecule has 1 aliphatic heterocycles. The van der Waals surface area contributed by atoms with Crippen LogP contribution in [0.5, 0.6) is 0 Å². The fraction of sp³-hybridized carbons (Fsp3) is 0.333. The molecule has 0 radical (unpaired) electrons. The third-order valence-corrected chi connectivity index (χ3v) is 6.23. The van der Waals surface area contributed by atoms with Crippen molar-refractivity contribution in [2.45, 2.75) is 50.6 Å². The first-order valence-corrected chi connectivity index (χ1v) is 11.5. The smallest absolute Gasteiger partial charge is 0.330 e. The SMILES string of the molecule is C=CC[C@]1(OCc2ccccc2)[C@H](O)C(n2cc(C)c(=O)[nH]c2=O)O[C@@H]1COCc1ccccc1. The van der Waals surface area contributed by atoms with Crippen molar-refractivity contribution in [3.8, 4) is 0 Å². The zero-order chi connectivity index (χ0) is 24.8. The number of aryl methyl sites for hydroxylation is 1. The number of aliphatic hydroxyl groups excluding tert-OH is 1. The molecule has 184 valence electrons. The van der Waals surface area contributed by atoms with Gasteiger partial charge < -0.3 is 19.3 Å². The highest BCUT2D eigenvalue weighted by Gasteiger charge is 2.57. The number of H-pyrrole nitrogens is 1. The fourth-order valence-corrected chi connectivity index (χ4v) is 4.33. The topological polar surface area (TPSA) is 103 Å². The van der Waals surface area contributed by atoms with E-state index in [0.717, 1.165) is 11.1 Å². The third-order valence-electron chi connectivity index (χ3n) is 6.23. The molecule has 2 heterocycles. The molecule has 35 heavy (non-hydrogen) atoms. The Morgan fingerprint density at radius 2 is 1.71 bits per heavy atom. The third kappa shape index (κ3) is 5.36. The first-order valence-electron chi connectivity index (χ1n) is 11.5. The number of benzene rings is 2. The van der Waals surface area contributed by atoms with E-state index in [1.54, 1.807) is 13.0 Å². The predicted octanol–water partition coefficient (Wildman–Crippen LogP) is 2.85. The summed E-state index contributed by atoms with van der Waals surface area (Å²) in [4.78, 5) is 26.8. The van der Waals surface area contributed by atoms with Gasteiger partial charge in [-0.1, -0.05) is 66.7 Å². The molecule has 8 heteroatoms. The lowest BCUT2D eigenvalue weighted by Crippen LogP contribution is -2.51. The molecule has 1 aromatic heterocycles. The van der Waals surface area contributed by atoms with Crippen LogP contribution in [0.4, 0.5) is 0 Å². The molecule has 0 aliphatic carbocycles. The van der Waals surface area contributed by atoms with Gasteiger partial charge >= 0.3 is 5.69 Å². The van der Waals surface area contributed by atoms with Crippen molar-refractivity contribution < 1.29 is 19.3 Å². The number of ether oxygens (including phenoxy) is 3. The number of nitrogens with one attached hydrogen (secondary N) is 1. The van der Waals surface area contributed by atoms with Crippen LogP contribution in [0.25, 0.3) is 0 Å². The normalized spacial score (nSPS) is 23.9. The molecule has 0 saturated carbocycles. The van der Waals surface area contributed by atoms with Crippen LogP contribution in [0.15, 0.2) is 89.1 Å². The maximum absolute atomic E-state index is 12.6. The van der Waals surface area contributed by atoms with Crippen molar-refractivity contribution >= 4 is 0 Å². The van der Waals surface area contributed by atoms with Crippen LogP contribution in [0.3, 0.4) is 0 Å². The molecule has 8 nitrogen and oxygen atoms in total. The summed E-state index contributed by atoms with van der Waals surface area (Å²) in [6.07, 6.45) is 0.264. The maximum Gasteiger partial charge on any atom is 0.330 e. The van der Waals surface area contributed by atoms with E-state index in [9.17, 15) is 14.7 Å². The Morgan fingerprint density at radius 1 is 1.09 bits per heavy atom. The number of aromatic nitrogens is 2. The Bertz CT molecular complexity index is 1240. The lowest BCUT2D eigenvalue weighted by atomic mass is 9.88. The first kappa shape index (κ1) is 24.8. The second kappa shape index (κ2) is 11.0. The Kier molecular flexibility index (Phi) is 7.77. The predicted molar refractivity (Wildman–Crippen MR) is 131 cm³/mol. The quantitative estimate of drug-likeness (QED) is 0.435. The van der Waals surface area contributed by atoms with E-state index in [0.29, 0.717) is 12.2 Å². The van der Waals surface area contributed by atoms with Gasteiger partial charge in [0.25, 0.3) is 5.56 Å². The largest absolute Gasteiger partial charge is 0.385 e. The molecule has 2 N–H and O–H groups in total. The van der Waals surface area contributed by atoms with Crippen LogP contribution in [0.1, 0.15) is 29.3 Å². The molecular weight excluding hydrogens is 448 g/mol. The van der Waals surface area contributed by atoms with E-state index < -0.39 is 35.3 Å². The first-order chi connectivity index (χ1) is 16.9. The van der Waals surface area contributed by atoms with Gasteiger partial charge in [-0.05, 0) is 24.5 Å². The van der Waals surface area contributed by atoms with E-state index in [2.05, 4.69) is 11.6 Å². The van der Waals surface area contributed by atoms with Crippen LogP contribution in [-0.2, 0) is 27.4 Å². The van der Waals surface area contributed by atoms with Crippen molar-refractivity contribution in [1.82, 2.24) is 9.55 Å². The van der Waals surface area contributed by atoms with Crippen LogP contribution < -0.4 is 11.2 Å². The van der Waals surface area contributed by atoms with Crippen LogP contribution >= 0.6 is 0 Å². The van der Waals surface area contributed by atoms with Crippen LogP contribution in [0.2, 0.25) is 0 Å². The van der Waals surface area contributed by atoms with E-state index in [4.69, 9.17) is 14.2 Å². The number of hydrogen-bond acceptors (Lipinski definition) is 6. The van der Waals surface area contributed by atoms with Gasteiger partial charge in [-0.25, -0.2) is 4.79 Å². The summed E-state index contributed by atoms with van der Waals surface area (Å²) in [7, 11) is 0. The Morgan fingerprint density at radius 3 is 2.34 bits per heavy atom. The molecular formula is C27H30N2O6. The highest BCUT2D eigenvalue weighted by molar-refractivity contribution is 5.16. The number of aliphatic hydroxyl groups is 1. The molecule has 0 bridgehead atoms. The van der Waals surface area contributed by atoms with E-state index in [-0.39, 0.29) is 19.6 Å². The van der Waals surface area contributed by atoms with Crippen LogP contribution in [0, 0.1) is 6.92 Å². The Balaban J connectivity index is 1.64.